The lowest BCUT2D eigenvalue weighted by Gasteiger charge is -2.10. The second-order valence-electron chi connectivity index (χ2n) is 7.22. The van der Waals surface area contributed by atoms with Crippen molar-refractivity contribution in [2.24, 2.45) is 0 Å². The van der Waals surface area contributed by atoms with Crippen LogP contribution in [0.25, 0.3) is 11.3 Å². The molecule has 0 aliphatic carbocycles. The molecular weight excluding hydrogens is 364 g/mol. The number of amides is 1. The van der Waals surface area contributed by atoms with Crippen molar-refractivity contribution in [3.63, 3.8) is 0 Å². The summed E-state index contributed by atoms with van der Waals surface area (Å²) in [5.41, 5.74) is 7.13. The van der Waals surface area contributed by atoms with Gasteiger partial charge in [-0.3, -0.25) is 4.79 Å². The fourth-order valence-corrected chi connectivity index (χ4v) is 3.31. The molecule has 1 heterocycles. The second kappa shape index (κ2) is 8.86. The lowest BCUT2D eigenvalue weighted by atomic mass is 10.0. The van der Waals surface area contributed by atoms with Crippen LogP contribution in [-0.4, -0.2) is 31.7 Å². The van der Waals surface area contributed by atoms with Crippen molar-refractivity contribution < 1.29 is 14.3 Å². The van der Waals surface area contributed by atoms with Gasteiger partial charge >= 0.3 is 0 Å². The van der Waals surface area contributed by atoms with Gasteiger partial charge in [-0.05, 0) is 73.7 Å². The van der Waals surface area contributed by atoms with E-state index in [2.05, 4.69) is 42.3 Å². The van der Waals surface area contributed by atoms with Gasteiger partial charge in [-0.15, -0.1) is 0 Å². The summed E-state index contributed by atoms with van der Waals surface area (Å²) >= 11 is 0. The molecule has 2 aromatic carbocycles. The fourth-order valence-electron chi connectivity index (χ4n) is 3.31. The van der Waals surface area contributed by atoms with Crippen LogP contribution in [-0.2, 0) is 6.42 Å². The lowest BCUT2D eigenvalue weighted by molar-refractivity contribution is 0.0953. The molecular formula is C24H28N2O3. The van der Waals surface area contributed by atoms with Gasteiger partial charge in [0.05, 0.1) is 19.8 Å². The van der Waals surface area contributed by atoms with Crippen LogP contribution in [0.2, 0.25) is 0 Å². The van der Waals surface area contributed by atoms with E-state index in [9.17, 15) is 4.79 Å². The Balaban J connectivity index is 1.65. The van der Waals surface area contributed by atoms with E-state index in [1.807, 2.05) is 31.2 Å². The Hall–Kier alpha value is -3.21. The normalized spacial score (nSPS) is 10.7. The highest BCUT2D eigenvalue weighted by Gasteiger charge is 2.14. The third-order valence-electron chi connectivity index (χ3n) is 5.22. The molecule has 0 spiro atoms. The summed E-state index contributed by atoms with van der Waals surface area (Å²) in [6.45, 7) is 6.65. The number of rotatable bonds is 7. The van der Waals surface area contributed by atoms with Crippen LogP contribution in [0.5, 0.6) is 11.5 Å². The van der Waals surface area contributed by atoms with E-state index in [4.69, 9.17) is 9.47 Å². The smallest absolute Gasteiger partial charge is 0.253 e. The number of nitrogens with one attached hydrogen (secondary N) is 2. The fraction of sp³-hybridized carbons (Fsp3) is 0.292. The molecule has 1 aromatic heterocycles. The van der Waals surface area contributed by atoms with Crippen LogP contribution in [0.3, 0.4) is 0 Å². The maximum atomic E-state index is 12.7. The first kappa shape index (κ1) is 20.5. The summed E-state index contributed by atoms with van der Waals surface area (Å²) in [7, 11) is 3.23. The number of carbonyl (C=O) groups excluding carboxylic acids is 1. The van der Waals surface area contributed by atoms with E-state index in [0.29, 0.717) is 30.0 Å². The van der Waals surface area contributed by atoms with Crippen molar-refractivity contribution in [3.8, 4) is 22.8 Å². The van der Waals surface area contributed by atoms with E-state index in [0.717, 1.165) is 22.5 Å². The zero-order valence-corrected chi connectivity index (χ0v) is 17.7. The number of carbonyl (C=O) groups is 1. The standard InChI is InChI=1S/C24H28N2O3/c1-15-6-8-19(12-16(15)2)21-14-20(17(3)26-21)24(27)25-11-10-18-7-9-22(28-4)23(13-18)29-5/h6-9,12-14,26H,10-11H2,1-5H3,(H,25,27). The molecule has 0 saturated carbocycles. The molecule has 0 saturated heterocycles. The number of benzene rings is 2. The minimum absolute atomic E-state index is 0.0747. The average Bonchev–Trinajstić information content (AvgIpc) is 3.11. The van der Waals surface area contributed by atoms with Gasteiger partial charge in [0, 0.05) is 17.9 Å². The Labute approximate surface area is 172 Å². The van der Waals surface area contributed by atoms with E-state index in [-0.39, 0.29) is 5.91 Å². The Morgan fingerprint density at radius 3 is 2.38 bits per heavy atom. The van der Waals surface area contributed by atoms with E-state index in [1.165, 1.54) is 11.1 Å². The summed E-state index contributed by atoms with van der Waals surface area (Å²) in [6.07, 6.45) is 0.708. The first-order valence-corrected chi connectivity index (χ1v) is 9.69. The highest BCUT2D eigenvalue weighted by molar-refractivity contribution is 5.96. The first-order chi connectivity index (χ1) is 13.9. The second-order valence-corrected chi connectivity index (χ2v) is 7.22. The van der Waals surface area contributed by atoms with Crippen LogP contribution >= 0.6 is 0 Å². The van der Waals surface area contributed by atoms with Gasteiger partial charge in [-0.1, -0.05) is 18.2 Å². The molecule has 0 aliphatic rings. The minimum atomic E-state index is -0.0747. The monoisotopic (exact) mass is 392 g/mol. The molecule has 5 nitrogen and oxygen atoms in total. The number of aromatic nitrogens is 1. The van der Waals surface area contributed by atoms with Crippen molar-refractivity contribution >= 4 is 5.91 Å². The van der Waals surface area contributed by atoms with E-state index in [1.54, 1.807) is 14.2 Å². The summed E-state index contributed by atoms with van der Waals surface area (Å²) in [6, 6.07) is 14.0. The van der Waals surface area contributed by atoms with Crippen molar-refractivity contribution in [1.82, 2.24) is 10.3 Å². The van der Waals surface area contributed by atoms with Crippen LogP contribution < -0.4 is 14.8 Å². The van der Waals surface area contributed by atoms with Gasteiger partial charge in [0.2, 0.25) is 0 Å². The first-order valence-electron chi connectivity index (χ1n) is 9.69. The van der Waals surface area contributed by atoms with Crippen LogP contribution in [0.1, 0.15) is 32.7 Å². The molecule has 0 radical (unpaired) electrons. The Morgan fingerprint density at radius 1 is 0.931 bits per heavy atom. The minimum Gasteiger partial charge on any atom is -0.493 e. The third-order valence-corrected chi connectivity index (χ3v) is 5.22. The maximum Gasteiger partial charge on any atom is 0.253 e. The number of aryl methyl sites for hydroxylation is 3. The molecule has 29 heavy (non-hydrogen) atoms. The van der Waals surface area contributed by atoms with Crippen molar-refractivity contribution in [2.75, 3.05) is 20.8 Å². The molecule has 3 aromatic rings. The molecule has 0 bridgehead atoms. The molecule has 3 rings (SSSR count). The highest BCUT2D eigenvalue weighted by atomic mass is 16.5. The number of aromatic amines is 1. The highest BCUT2D eigenvalue weighted by Crippen LogP contribution is 2.28. The van der Waals surface area contributed by atoms with E-state index >= 15 is 0 Å². The summed E-state index contributed by atoms with van der Waals surface area (Å²) < 4.78 is 10.6. The zero-order chi connectivity index (χ0) is 21.0. The topological polar surface area (TPSA) is 63.3 Å². The van der Waals surface area contributed by atoms with Gasteiger partial charge in [0.15, 0.2) is 11.5 Å². The summed E-state index contributed by atoms with van der Waals surface area (Å²) in [5.74, 6) is 1.31. The van der Waals surface area contributed by atoms with Gasteiger partial charge < -0.3 is 19.8 Å². The Morgan fingerprint density at radius 2 is 1.69 bits per heavy atom. The molecule has 1 amide bonds. The molecule has 0 aliphatic heterocycles. The molecule has 5 heteroatoms. The number of hydrogen-bond acceptors (Lipinski definition) is 3. The molecule has 0 fully saturated rings. The quantitative estimate of drug-likeness (QED) is 0.618. The summed E-state index contributed by atoms with van der Waals surface area (Å²) in [5, 5.41) is 3.01. The van der Waals surface area contributed by atoms with Crippen LogP contribution in [0.15, 0.2) is 42.5 Å². The van der Waals surface area contributed by atoms with Gasteiger partial charge in [-0.25, -0.2) is 0 Å². The largest absolute Gasteiger partial charge is 0.493 e. The number of H-pyrrole nitrogens is 1. The molecule has 0 unspecified atom stereocenters. The number of hydrogen-bond donors (Lipinski definition) is 2. The average molecular weight is 392 g/mol. The van der Waals surface area contributed by atoms with Gasteiger partial charge in [-0.2, -0.15) is 0 Å². The molecule has 2 N–H and O–H groups in total. The van der Waals surface area contributed by atoms with Gasteiger partial charge in [0.1, 0.15) is 0 Å². The predicted octanol–water partition coefficient (Wildman–Crippen LogP) is 4.60. The SMILES string of the molecule is COc1ccc(CCNC(=O)c2cc(-c3ccc(C)c(C)c3)[nH]c2C)cc1OC. The number of methoxy groups -OCH3 is 2. The van der Waals surface area contributed by atoms with Crippen molar-refractivity contribution in [1.29, 1.82) is 0 Å². The van der Waals surface area contributed by atoms with Crippen LogP contribution in [0.4, 0.5) is 0 Å². The van der Waals surface area contributed by atoms with E-state index < -0.39 is 0 Å². The number of ether oxygens (including phenoxy) is 2. The Bertz CT molecular complexity index is 1020. The third kappa shape index (κ3) is 4.62. The summed E-state index contributed by atoms with van der Waals surface area (Å²) in [4.78, 5) is 16.0. The predicted molar refractivity (Wildman–Crippen MR) is 116 cm³/mol. The van der Waals surface area contributed by atoms with Crippen molar-refractivity contribution in [3.05, 3.63) is 70.4 Å². The Kier molecular flexibility index (Phi) is 6.27. The zero-order valence-electron chi connectivity index (χ0n) is 17.7. The van der Waals surface area contributed by atoms with Crippen molar-refractivity contribution in [2.45, 2.75) is 27.2 Å². The lowest BCUT2D eigenvalue weighted by Crippen LogP contribution is -2.25. The maximum absolute atomic E-state index is 12.7. The van der Waals surface area contributed by atoms with Gasteiger partial charge in [0.25, 0.3) is 5.91 Å². The molecule has 152 valence electrons. The van der Waals surface area contributed by atoms with Crippen LogP contribution in [0, 0.1) is 20.8 Å². The molecule has 0 atom stereocenters.